The van der Waals surface area contributed by atoms with Crippen molar-refractivity contribution in [1.82, 2.24) is 5.32 Å². The quantitative estimate of drug-likeness (QED) is 0.566. The first kappa shape index (κ1) is 24.2. The summed E-state index contributed by atoms with van der Waals surface area (Å²) < 4.78 is 15.8. The van der Waals surface area contributed by atoms with Crippen LogP contribution in [-0.4, -0.2) is 43.6 Å². The van der Waals surface area contributed by atoms with Crippen molar-refractivity contribution in [2.45, 2.75) is 19.9 Å². The molecule has 0 aromatic heterocycles. The molecule has 1 aliphatic rings. The zero-order valence-electron chi connectivity index (χ0n) is 19.0. The molecule has 0 saturated carbocycles. The van der Waals surface area contributed by atoms with Gasteiger partial charge in [0, 0.05) is 17.5 Å². The van der Waals surface area contributed by atoms with Crippen LogP contribution in [0.3, 0.4) is 0 Å². The zero-order chi connectivity index (χ0) is 23.8. The number of esters is 1. The number of ether oxygens (including phenoxy) is 3. The van der Waals surface area contributed by atoms with E-state index in [2.05, 4.69) is 10.6 Å². The van der Waals surface area contributed by atoms with Crippen LogP contribution in [0.25, 0.3) is 0 Å². The van der Waals surface area contributed by atoms with E-state index < -0.39 is 12.0 Å². The molecule has 0 aliphatic carbocycles. The lowest BCUT2D eigenvalue weighted by Crippen LogP contribution is -2.31. The van der Waals surface area contributed by atoms with E-state index in [1.807, 2.05) is 24.3 Å². The lowest BCUT2D eigenvalue weighted by Gasteiger charge is -2.26. The van der Waals surface area contributed by atoms with Gasteiger partial charge in [0.2, 0.25) is 5.91 Å². The summed E-state index contributed by atoms with van der Waals surface area (Å²) in [4.78, 5) is 29.9. The van der Waals surface area contributed by atoms with Crippen LogP contribution in [0.1, 0.15) is 25.5 Å². The Hall–Kier alpha value is -3.46. The number of anilines is 1. The van der Waals surface area contributed by atoms with Crippen LogP contribution in [0, 0.1) is 0 Å². The number of methoxy groups -OCH3 is 2. The molecule has 3 rings (SSSR count). The van der Waals surface area contributed by atoms with Gasteiger partial charge < -0.3 is 24.8 Å². The van der Waals surface area contributed by atoms with Gasteiger partial charge in [-0.05, 0) is 43.7 Å². The minimum Gasteiger partial charge on any atom is -0.497 e. The molecule has 8 nitrogen and oxygen atoms in total. The number of hydrogen-bond donors (Lipinski definition) is 2. The van der Waals surface area contributed by atoms with Crippen molar-refractivity contribution in [3.8, 4) is 11.5 Å². The number of allylic oxidation sites excluding steroid dienone is 1. The standard InChI is InChI=1S/C24H27N3O5S/c1-5-32-23(29)21-15(2)25-24(27-22(21)16-8-6-10-18(12-16)30-3)33-14-20(28)26-17-9-7-11-19(13-17)31-4/h6-13,22H,5,14H2,1-4H3,(H,25,27)(H,26,28)/t22-/m1/s1. The number of carbonyl (C=O) groups excluding carboxylic acids is 2. The lowest BCUT2D eigenvalue weighted by atomic mass is 9.96. The van der Waals surface area contributed by atoms with Gasteiger partial charge in [0.25, 0.3) is 0 Å². The molecule has 0 spiro atoms. The van der Waals surface area contributed by atoms with Gasteiger partial charge >= 0.3 is 5.97 Å². The Morgan fingerprint density at radius 2 is 1.79 bits per heavy atom. The predicted octanol–water partition coefficient (Wildman–Crippen LogP) is 3.91. The largest absolute Gasteiger partial charge is 0.497 e. The first-order chi connectivity index (χ1) is 15.9. The van der Waals surface area contributed by atoms with Gasteiger partial charge in [-0.3, -0.25) is 4.79 Å². The van der Waals surface area contributed by atoms with Gasteiger partial charge in [-0.1, -0.05) is 30.0 Å². The number of thioether (sulfide) groups is 1. The van der Waals surface area contributed by atoms with Gasteiger partial charge in [0.1, 0.15) is 17.5 Å². The molecule has 0 radical (unpaired) electrons. The zero-order valence-corrected chi connectivity index (χ0v) is 19.8. The van der Waals surface area contributed by atoms with Crippen molar-refractivity contribution in [2.75, 3.05) is 31.9 Å². The topological polar surface area (TPSA) is 98.2 Å². The Morgan fingerprint density at radius 1 is 1.09 bits per heavy atom. The van der Waals surface area contributed by atoms with Crippen molar-refractivity contribution >= 4 is 34.5 Å². The summed E-state index contributed by atoms with van der Waals surface area (Å²) in [5.41, 5.74) is 2.49. The predicted molar refractivity (Wildman–Crippen MR) is 130 cm³/mol. The Bertz CT molecular complexity index is 1080. The van der Waals surface area contributed by atoms with E-state index in [0.29, 0.717) is 33.6 Å². The third-order valence-electron chi connectivity index (χ3n) is 4.82. The Balaban J connectivity index is 1.77. The number of rotatable bonds is 8. The summed E-state index contributed by atoms with van der Waals surface area (Å²) in [5, 5.41) is 6.51. The molecule has 0 fully saturated rings. The van der Waals surface area contributed by atoms with E-state index in [0.717, 1.165) is 5.56 Å². The highest BCUT2D eigenvalue weighted by molar-refractivity contribution is 8.14. The normalized spacial score (nSPS) is 15.3. The van der Waals surface area contributed by atoms with Crippen LogP contribution in [0.5, 0.6) is 11.5 Å². The molecule has 33 heavy (non-hydrogen) atoms. The number of amides is 1. The van der Waals surface area contributed by atoms with Crippen LogP contribution in [0.2, 0.25) is 0 Å². The highest BCUT2D eigenvalue weighted by atomic mass is 32.2. The number of amidine groups is 1. The van der Waals surface area contributed by atoms with Crippen molar-refractivity contribution in [3.05, 3.63) is 65.4 Å². The molecule has 2 aromatic rings. The van der Waals surface area contributed by atoms with E-state index in [4.69, 9.17) is 19.2 Å². The first-order valence-corrected chi connectivity index (χ1v) is 11.4. The Labute approximate surface area is 197 Å². The summed E-state index contributed by atoms with van der Waals surface area (Å²) >= 11 is 1.25. The second-order valence-corrected chi connectivity index (χ2v) is 8.03. The molecule has 1 amide bonds. The Kier molecular flexibility index (Phi) is 8.37. The van der Waals surface area contributed by atoms with Crippen molar-refractivity contribution in [3.63, 3.8) is 0 Å². The monoisotopic (exact) mass is 469 g/mol. The minimum atomic E-state index is -0.579. The summed E-state index contributed by atoms with van der Waals surface area (Å²) in [5.74, 6) is 0.837. The molecule has 1 heterocycles. The molecule has 2 aromatic carbocycles. The maximum Gasteiger partial charge on any atom is 0.338 e. The number of nitrogens with one attached hydrogen (secondary N) is 2. The second kappa shape index (κ2) is 11.4. The van der Waals surface area contributed by atoms with Gasteiger partial charge in [0.15, 0.2) is 5.17 Å². The molecule has 1 aliphatic heterocycles. The van der Waals surface area contributed by atoms with Crippen LogP contribution >= 0.6 is 11.8 Å². The van der Waals surface area contributed by atoms with Gasteiger partial charge in [-0.2, -0.15) is 0 Å². The number of benzene rings is 2. The SMILES string of the molecule is CCOC(=O)C1=C(C)NC(SCC(=O)Nc2cccc(OC)c2)=N[C@@H]1c1cccc(OC)c1. The van der Waals surface area contributed by atoms with Gasteiger partial charge in [-0.15, -0.1) is 0 Å². The number of carbonyl (C=O) groups is 2. The molecule has 1 atom stereocenters. The van der Waals surface area contributed by atoms with E-state index in [1.54, 1.807) is 52.3 Å². The Morgan fingerprint density at radius 3 is 2.48 bits per heavy atom. The second-order valence-electron chi connectivity index (χ2n) is 7.07. The molecular weight excluding hydrogens is 442 g/mol. The molecule has 0 saturated heterocycles. The molecule has 2 N–H and O–H groups in total. The number of hydrogen-bond acceptors (Lipinski definition) is 8. The first-order valence-electron chi connectivity index (χ1n) is 10.4. The summed E-state index contributed by atoms with van der Waals surface area (Å²) in [6.45, 7) is 3.82. The van der Waals surface area contributed by atoms with Gasteiger partial charge in [0.05, 0.1) is 32.2 Å². The summed E-state index contributed by atoms with van der Waals surface area (Å²) in [6.07, 6.45) is 0. The average Bonchev–Trinajstić information content (AvgIpc) is 2.82. The van der Waals surface area contributed by atoms with Gasteiger partial charge in [-0.25, -0.2) is 9.79 Å². The third kappa shape index (κ3) is 6.29. The van der Waals surface area contributed by atoms with Crippen LogP contribution < -0.4 is 20.1 Å². The maximum absolute atomic E-state index is 12.7. The third-order valence-corrected chi connectivity index (χ3v) is 5.70. The fourth-order valence-electron chi connectivity index (χ4n) is 3.28. The summed E-state index contributed by atoms with van der Waals surface area (Å²) in [6, 6.07) is 14.0. The molecule has 0 bridgehead atoms. The highest BCUT2D eigenvalue weighted by Gasteiger charge is 2.30. The van der Waals surface area contributed by atoms with Crippen LogP contribution in [-0.2, 0) is 14.3 Å². The van der Waals surface area contributed by atoms with E-state index in [-0.39, 0.29) is 18.3 Å². The fraction of sp³-hybridized carbons (Fsp3) is 0.292. The van der Waals surface area contributed by atoms with Crippen molar-refractivity contribution < 1.29 is 23.8 Å². The molecule has 9 heteroatoms. The van der Waals surface area contributed by atoms with Crippen LogP contribution in [0.15, 0.2) is 64.8 Å². The maximum atomic E-state index is 12.7. The summed E-state index contributed by atoms with van der Waals surface area (Å²) in [7, 11) is 3.16. The van der Waals surface area contributed by atoms with E-state index in [1.165, 1.54) is 11.8 Å². The van der Waals surface area contributed by atoms with E-state index in [9.17, 15) is 9.59 Å². The number of aliphatic imine (C=N–C) groups is 1. The van der Waals surface area contributed by atoms with Crippen molar-refractivity contribution in [1.29, 1.82) is 0 Å². The van der Waals surface area contributed by atoms with E-state index >= 15 is 0 Å². The lowest BCUT2D eigenvalue weighted by molar-refractivity contribution is -0.139. The fourth-order valence-corrected chi connectivity index (χ4v) is 4.02. The highest BCUT2D eigenvalue weighted by Crippen LogP contribution is 2.34. The smallest absolute Gasteiger partial charge is 0.338 e. The molecule has 0 unspecified atom stereocenters. The average molecular weight is 470 g/mol. The van der Waals surface area contributed by atoms with Crippen LogP contribution in [0.4, 0.5) is 5.69 Å². The molecule has 174 valence electrons. The number of nitrogens with zero attached hydrogens (tertiary/aromatic N) is 1. The molecular formula is C24H27N3O5S. The minimum absolute atomic E-state index is 0.135. The van der Waals surface area contributed by atoms with Crippen molar-refractivity contribution in [2.24, 2.45) is 4.99 Å².